The van der Waals surface area contributed by atoms with Crippen LogP contribution in [-0.2, 0) is 0 Å². The van der Waals surface area contributed by atoms with Crippen molar-refractivity contribution in [3.8, 4) is 0 Å². The Morgan fingerprint density at radius 2 is 1.92 bits per heavy atom. The van der Waals surface area contributed by atoms with E-state index in [-0.39, 0.29) is 0 Å². The fraction of sp³-hybridized carbons (Fsp3) is 0.583. The molecule has 1 atom stereocenters. The molecule has 0 aliphatic carbocycles. The molecule has 0 aromatic heterocycles. The molecule has 0 aromatic rings. The summed E-state index contributed by atoms with van der Waals surface area (Å²) in [5.41, 5.74) is 3.44. The van der Waals surface area contributed by atoms with Crippen molar-refractivity contribution in [1.82, 2.24) is 0 Å². The van der Waals surface area contributed by atoms with E-state index in [1.165, 1.54) is 5.71 Å². The summed E-state index contributed by atoms with van der Waals surface area (Å²) in [6, 6.07) is 0. The molecular weight excluding hydrogens is 158 g/mol. The molecule has 0 aliphatic rings. The molecule has 0 saturated carbocycles. The maximum absolute atomic E-state index is 4.41. The lowest BCUT2D eigenvalue weighted by molar-refractivity contribution is 0.736. The van der Waals surface area contributed by atoms with Crippen molar-refractivity contribution in [2.45, 2.75) is 41.0 Å². The van der Waals surface area contributed by atoms with E-state index in [2.05, 4.69) is 32.3 Å². The maximum Gasteiger partial charge on any atom is 0.0298 e. The van der Waals surface area contributed by atoms with Crippen LogP contribution in [-0.4, -0.2) is 5.71 Å². The zero-order chi connectivity index (χ0) is 10.4. The molecule has 1 unspecified atom stereocenters. The molecule has 0 heterocycles. The van der Waals surface area contributed by atoms with E-state index in [0.29, 0.717) is 5.92 Å². The number of nitrogens with zero attached hydrogens (tertiary/aromatic N) is 1. The molecule has 0 N–H and O–H groups in total. The van der Waals surface area contributed by atoms with Crippen LogP contribution in [0.15, 0.2) is 28.9 Å². The van der Waals surface area contributed by atoms with Crippen molar-refractivity contribution >= 4 is 5.71 Å². The summed E-state index contributed by atoms with van der Waals surface area (Å²) in [5, 5.41) is 0. The van der Waals surface area contributed by atoms with Gasteiger partial charge in [0, 0.05) is 11.9 Å². The average molecular weight is 179 g/mol. The fourth-order valence-electron chi connectivity index (χ4n) is 0.731. The lowest BCUT2D eigenvalue weighted by atomic mass is 10.0. The van der Waals surface area contributed by atoms with E-state index in [4.69, 9.17) is 0 Å². The molecular formula is C12H21N. The van der Waals surface area contributed by atoms with Crippen LogP contribution >= 0.6 is 0 Å². The quantitative estimate of drug-likeness (QED) is 0.457. The van der Waals surface area contributed by atoms with Gasteiger partial charge in [-0.3, -0.25) is 4.99 Å². The van der Waals surface area contributed by atoms with Crippen LogP contribution in [0, 0.1) is 5.92 Å². The van der Waals surface area contributed by atoms with Crippen LogP contribution in [0.3, 0.4) is 0 Å². The fourth-order valence-corrected chi connectivity index (χ4v) is 0.731. The first kappa shape index (κ1) is 12.2. The molecule has 74 valence electrons. The summed E-state index contributed by atoms with van der Waals surface area (Å²) >= 11 is 0. The second-order valence-corrected chi connectivity index (χ2v) is 3.67. The minimum Gasteiger partial charge on any atom is -0.265 e. The third-order valence-corrected chi connectivity index (χ3v) is 2.46. The molecule has 0 aliphatic heterocycles. The second kappa shape index (κ2) is 5.74. The predicted molar refractivity (Wildman–Crippen MR) is 61.1 cm³/mol. The standard InChI is InChI=1S/C12H21N/c1-7-10(4)12(6)13-8-11(5)9(2)3/h8,10H,2,7H2,1,3-6H3/b11-8-,13-12-. The zero-order valence-electron chi connectivity index (χ0n) is 9.52. The second-order valence-electron chi connectivity index (χ2n) is 3.67. The molecule has 1 heteroatoms. The minimum atomic E-state index is 0.578. The largest absolute Gasteiger partial charge is 0.265 e. The van der Waals surface area contributed by atoms with Gasteiger partial charge in [-0.05, 0) is 38.7 Å². The van der Waals surface area contributed by atoms with Gasteiger partial charge in [-0.2, -0.15) is 0 Å². The SMILES string of the molecule is C=C(C)/C(C)=C\N=C(\C)C(C)CC. The van der Waals surface area contributed by atoms with Crippen molar-refractivity contribution in [1.29, 1.82) is 0 Å². The highest BCUT2D eigenvalue weighted by Crippen LogP contribution is 2.08. The summed E-state index contributed by atoms with van der Waals surface area (Å²) in [5.74, 6) is 0.578. The van der Waals surface area contributed by atoms with Crippen LogP contribution < -0.4 is 0 Å². The van der Waals surface area contributed by atoms with Crippen molar-refractivity contribution in [3.05, 3.63) is 23.9 Å². The Hall–Kier alpha value is -0.850. The molecule has 0 amide bonds. The number of aliphatic imine (C=N–C) groups is 1. The summed E-state index contributed by atoms with van der Waals surface area (Å²) in [7, 11) is 0. The van der Waals surface area contributed by atoms with E-state index in [0.717, 1.165) is 17.6 Å². The number of allylic oxidation sites excluding steroid dienone is 2. The molecule has 1 nitrogen and oxygen atoms in total. The Kier molecular flexibility index (Phi) is 5.36. The molecule has 0 rings (SSSR count). The molecule has 13 heavy (non-hydrogen) atoms. The van der Waals surface area contributed by atoms with Crippen LogP contribution in [0.5, 0.6) is 0 Å². The van der Waals surface area contributed by atoms with Gasteiger partial charge in [-0.25, -0.2) is 0 Å². The van der Waals surface area contributed by atoms with Gasteiger partial charge >= 0.3 is 0 Å². The van der Waals surface area contributed by atoms with Crippen LogP contribution in [0.2, 0.25) is 0 Å². The lowest BCUT2D eigenvalue weighted by Gasteiger charge is -2.06. The average Bonchev–Trinajstić information content (AvgIpc) is 2.11. The third kappa shape index (κ3) is 4.66. The Bertz CT molecular complexity index is 234. The summed E-state index contributed by atoms with van der Waals surface area (Å²) in [6.07, 6.45) is 3.05. The normalized spacial score (nSPS) is 15.8. The van der Waals surface area contributed by atoms with Gasteiger partial charge in [-0.1, -0.05) is 26.0 Å². The smallest absolute Gasteiger partial charge is 0.0298 e. The van der Waals surface area contributed by atoms with Crippen molar-refractivity contribution in [2.75, 3.05) is 0 Å². The Balaban J connectivity index is 4.41. The predicted octanol–water partition coefficient (Wildman–Crippen LogP) is 3.97. The van der Waals surface area contributed by atoms with E-state index in [1.807, 2.05) is 20.0 Å². The number of rotatable bonds is 4. The maximum atomic E-state index is 4.41. The summed E-state index contributed by atoms with van der Waals surface area (Å²) in [4.78, 5) is 4.41. The monoisotopic (exact) mass is 179 g/mol. The van der Waals surface area contributed by atoms with Gasteiger partial charge in [0.15, 0.2) is 0 Å². The lowest BCUT2D eigenvalue weighted by Crippen LogP contribution is -2.04. The van der Waals surface area contributed by atoms with Crippen molar-refractivity contribution < 1.29 is 0 Å². The zero-order valence-corrected chi connectivity index (χ0v) is 9.52. The van der Waals surface area contributed by atoms with Gasteiger partial charge in [0.25, 0.3) is 0 Å². The summed E-state index contributed by atoms with van der Waals surface area (Å²) in [6.45, 7) is 14.4. The van der Waals surface area contributed by atoms with Gasteiger partial charge in [0.05, 0.1) is 0 Å². The Labute approximate surface area is 82.3 Å². The first-order chi connectivity index (χ1) is 5.99. The topological polar surface area (TPSA) is 12.4 Å². The Morgan fingerprint density at radius 3 is 2.31 bits per heavy atom. The van der Waals surface area contributed by atoms with Crippen molar-refractivity contribution in [3.63, 3.8) is 0 Å². The third-order valence-electron chi connectivity index (χ3n) is 2.46. The number of hydrogen-bond donors (Lipinski definition) is 0. The Morgan fingerprint density at radius 1 is 1.38 bits per heavy atom. The summed E-state index contributed by atoms with van der Waals surface area (Å²) < 4.78 is 0. The van der Waals surface area contributed by atoms with Gasteiger partial charge in [-0.15, -0.1) is 0 Å². The van der Waals surface area contributed by atoms with Crippen LogP contribution in [0.4, 0.5) is 0 Å². The highest BCUT2D eigenvalue weighted by Gasteiger charge is 2.00. The molecule has 0 fully saturated rings. The van der Waals surface area contributed by atoms with Crippen LogP contribution in [0.1, 0.15) is 41.0 Å². The van der Waals surface area contributed by atoms with Gasteiger partial charge in [0.2, 0.25) is 0 Å². The highest BCUT2D eigenvalue weighted by atomic mass is 14.7. The molecule has 0 saturated heterocycles. The van der Waals surface area contributed by atoms with E-state index in [9.17, 15) is 0 Å². The van der Waals surface area contributed by atoms with Crippen LogP contribution in [0.25, 0.3) is 0 Å². The first-order valence-electron chi connectivity index (χ1n) is 4.86. The first-order valence-corrected chi connectivity index (χ1v) is 4.86. The molecule has 0 radical (unpaired) electrons. The van der Waals surface area contributed by atoms with Gasteiger partial charge < -0.3 is 0 Å². The van der Waals surface area contributed by atoms with Gasteiger partial charge in [0.1, 0.15) is 0 Å². The highest BCUT2D eigenvalue weighted by molar-refractivity contribution is 5.84. The van der Waals surface area contributed by atoms with E-state index < -0.39 is 0 Å². The van der Waals surface area contributed by atoms with E-state index >= 15 is 0 Å². The molecule has 0 spiro atoms. The van der Waals surface area contributed by atoms with E-state index in [1.54, 1.807) is 0 Å². The van der Waals surface area contributed by atoms with Crippen molar-refractivity contribution in [2.24, 2.45) is 10.9 Å². The number of hydrogen-bond acceptors (Lipinski definition) is 1. The molecule has 0 aromatic carbocycles. The minimum absolute atomic E-state index is 0.578. The molecule has 0 bridgehead atoms.